The number of carbonyl (C=O) groups excluding carboxylic acids is 2. The molecule has 202 valence electrons. The lowest BCUT2D eigenvalue weighted by Crippen LogP contribution is -2.51. The molecule has 3 rings (SSSR count). The first-order valence-electron chi connectivity index (χ1n) is 12.5. The van der Waals surface area contributed by atoms with Crippen molar-refractivity contribution in [3.05, 3.63) is 95.0 Å². The van der Waals surface area contributed by atoms with Crippen LogP contribution in [0.15, 0.2) is 83.8 Å². The Bertz CT molecular complexity index is 1350. The fourth-order valence-electron chi connectivity index (χ4n) is 3.86. The van der Waals surface area contributed by atoms with Gasteiger partial charge < -0.3 is 10.2 Å². The molecule has 9 heteroatoms. The Balaban J connectivity index is 2.00. The minimum absolute atomic E-state index is 0.0518. The topological polar surface area (TPSA) is 86.8 Å². The first kappa shape index (κ1) is 29.2. The SMILES string of the molecule is Cc1ccccc1CN(C(=O)CN(c1ccc(Cl)cc1)S(=O)(=O)c1ccccc1)[C@H](C)C(=O)NCC(C)C. The van der Waals surface area contributed by atoms with Gasteiger partial charge in [0, 0.05) is 18.1 Å². The zero-order chi connectivity index (χ0) is 27.9. The smallest absolute Gasteiger partial charge is 0.264 e. The zero-order valence-corrected chi connectivity index (χ0v) is 23.7. The number of anilines is 1. The minimum atomic E-state index is -4.10. The van der Waals surface area contributed by atoms with E-state index in [-0.39, 0.29) is 23.3 Å². The van der Waals surface area contributed by atoms with E-state index < -0.39 is 28.5 Å². The number of aryl methyl sites for hydroxylation is 1. The number of carbonyl (C=O) groups is 2. The van der Waals surface area contributed by atoms with Crippen molar-refractivity contribution in [1.29, 1.82) is 0 Å². The van der Waals surface area contributed by atoms with E-state index in [0.717, 1.165) is 15.4 Å². The summed E-state index contributed by atoms with van der Waals surface area (Å²) in [6.45, 7) is 7.69. The summed E-state index contributed by atoms with van der Waals surface area (Å²) in [6, 6.07) is 21.0. The zero-order valence-electron chi connectivity index (χ0n) is 22.1. The van der Waals surface area contributed by atoms with Gasteiger partial charge in [-0.05, 0) is 67.3 Å². The van der Waals surface area contributed by atoms with Gasteiger partial charge in [0.05, 0.1) is 10.6 Å². The number of hydrogen-bond acceptors (Lipinski definition) is 4. The van der Waals surface area contributed by atoms with Crippen LogP contribution in [0.4, 0.5) is 5.69 Å². The fourth-order valence-corrected chi connectivity index (χ4v) is 5.42. The number of hydrogen-bond donors (Lipinski definition) is 1. The van der Waals surface area contributed by atoms with Crippen LogP contribution in [0.5, 0.6) is 0 Å². The van der Waals surface area contributed by atoms with Crippen LogP contribution in [0, 0.1) is 12.8 Å². The molecule has 0 fully saturated rings. The van der Waals surface area contributed by atoms with E-state index in [1.54, 1.807) is 49.4 Å². The van der Waals surface area contributed by atoms with Gasteiger partial charge in [0.1, 0.15) is 12.6 Å². The Morgan fingerprint density at radius 2 is 1.50 bits per heavy atom. The summed E-state index contributed by atoms with van der Waals surface area (Å²) in [4.78, 5) is 28.4. The molecule has 38 heavy (non-hydrogen) atoms. The molecular weight excluding hydrogens is 522 g/mol. The van der Waals surface area contributed by atoms with Crippen molar-refractivity contribution in [3.63, 3.8) is 0 Å². The summed E-state index contributed by atoms with van der Waals surface area (Å²) in [6.07, 6.45) is 0. The Labute approximate surface area is 230 Å². The number of sulfonamides is 1. The van der Waals surface area contributed by atoms with Gasteiger partial charge in [0.2, 0.25) is 11.8 Å². The maximum atomic E-state index is 13.9. The standard InChI is InChI=1S/C29H34ClN3O4S/c1-21(2)18-31-29(35)23(4)32(19-24-11-9-8-10-22(24)3)28(34)20-33(26-16-14-25(30)15-17-26)38(36,37)27-12-6-5-7-13-27/h5-17,21,23H,18-20H2,1-4H3,(H,31,35)/t23-/m1/s1. The number of nitrogens with zero attached hydrogens (tertiary/aromatic N) is 2. The molecule has 0 radical (unpaired) electrons. The minimum Gasteiger partial charge on any atom is -0.354 e. The highest BCUT2D eigenvalue weighted by Gasteiger charge is 2.32. The lowest BCUT2D eigenvalue weighted by atomic mass is 10.1. The lowest BCUT2D eigenvalue weighted by Gasteiger charge is -2.32. The molecule has 0 unspecified atom stereocenters. The summed E-state index contributed by atoms with van der Waals surface area (Å²) in [7, 11) is -4.10. The molecule has 0 saturated heterocycles. The second-order valence-electron chi connectivity index (χ2n) is 9.56. The van der Waals surface area contributed by atoms with Gasteiger partial charge in [0.25, 0.3) is 10.0 Å². The number of benzene rings is 3. The van der Waals surface area contributed by atoms with Gasteiger partial charge >= 0.3 is 0 Å². The molecule has 0 aromatic heterocycles. The van der Waals surface area contributed by atoms with E-state index in [1.807, 2.05) is 45.0 Å². The Morgan fingerprint density at radius 1 is 0.895 bits per heavy atom. The van der Waals surface area contributed by atoms with Crippen LogP contribution in [0.1, 0.15) is 31.9 Å². The molecule has 2 amide bonds. The van der Waals surface area contributed by atoms with E-state index in [0.29, 0.717) is 17.3 Å². The third-order valence-corrected chi connectivity index (χ3v) is 8.22. The van der Waals surface area contributed by atoms with Gasteiger partial charge in [-0.15, -0.1) is 0 Å². The highest BCUT2D eigenvalue weighted by molar-refractivity contribution is 7.92. The monoisotopic (exact) mass is 555 g/mol. The van der Waals surface area contributed by atoms with E-state index in [4.69, 9.17) is 11.6 Å². The molecule has 0 aliphatic rings. The van der Waals surface area contributed by atoms with Crippen molar-refractivity contribution in [2.24, 2.45) is 5.92 Å². The molecule has 0 bridgehead atoms. The molecule has 0 spiro atoms. The van der Waals surface area contributed by atoms with E-state index in [1.165, 1.54) is 17.0 Å². The second-order valence-corrected chi connectivity index (χ2v) is 11.9. The Morgan fingerprint density at radius 3 is 2.11 bits per heavy atom. The molecule has 0 aliphatic heterocycles. The fraction of sp³-hybridized carbons (Fsp3) is 0.310. The van der Waals surface area contributed by atoms with Crippen molar-refractivity contribution in [2.75, 3.05) is 17.4 Å². The number of halogens is 1. The maximum Gasteiger partial charge on any atom is 0.264 e. The van der Waals surface area contributed by atoms with E-state index in [2.05, 4.69) is 5.32 Å². The van der Waals surface area contributed by atoms with Gasteiger partial charge in [-0.2, -0.15) is 0 Å². The largest absolute Gasteiger partial charge is 0.354 e. The third kappa shape index (κ3) is 7.36. The molecule has 0 saturated carbocycles. The first-order chi connectivity index (χ1) is 18.0. The summed E-state index contributed by atoms with van der Waals surface area (Å²) < 4.78 is 28.5. The average Bonchev–Trinajstić information content (AvgIpc) is 2.90. The molecule has 3 aromatic rings. The van der Waals surface area contributed by atoms with Crippen LogP contribution in [-0.4, -0.2) is 44.3 Å². The summed E-state index contributed by atoms with van der Waals surface area (Å²) in [5.41, 5.74) is 2.12. The maximum absolute atomic E-state index is 13.9. The van der Waals surface area contributed by atoms with Crippen molar-refractivity contribution in [2.45, 2.75) is 45.2 Å². The van der Waals surface area contributed by atoms with Crippen LogP contribution in [-0.2, 0) is 26.2 Å². The highest BCUT2D eigenvalue weighted by Crippen LogP contribution is 2.26. The summed E-state index contributed by atoms with van der Waals surface area (Å²) in [5.74, 6) is -0.567. The third-order valence-electron chi connectivity index (χ3n) is 6.18. The van der Waals surface area contributed by atoms with Crippen LogP contribution in [0.25, 0.3) is 0 Å². The quantitative estimate of drug-likeness (QED) is 0.359. The van der Waals surface area contributed by atoms with Crippen molar-refractivity contribution in [3.8, 4) is 0 Å². The predicted molar refractivity (Wildman–Crippen MR) is 151 cm³/mol. The van der Waals surface area contributed by atoms with Crippen molar-refractivity contribution in [1.82, 2.24) is 10.2 Å². The van der Waals surface area contributed by atoms with Gasteiger partial charge in [0.15, 0.2) is 0 Å². The number of amides is 2. The second kappa shape index (κ2) is 12.9. The average molecular weight is 556 g/mol. The molecule has 0 heterocycles. The summed E-state index contributed by atoms with van der Waals surface area (Å²) in [5, 5.41) is 3.32. The lowest BCUT2D eigenvalue weighted by molar-refractivity contribution is -0.139. The normalized spacial score (nSPS) is 12.2. The molecule has 3 aromatic carbocycles. The van der Waals surface area contributed by atoms with Crippen LogP contribution < -0.4 is 9.62 Å². The molecule has 1 atom stereocenters. The van der Waals surface area contributed by atoms with Crippen LogP contribution in [0.3, 0.4) is 0 Å². The van der Waals surface area contributed by atoms with Crippen molar-refractivity contribution >= 4 is 39.1 Å². The first-order valence-corrected chi connectivity index (χ1v) is 14.3. The number of rotatable bonds is 11. The Kier molecular flexibility index (Phi) is 9.94. The van der Waals surface area contributed by atoms with Crippen molar-refractivity contribution < 1.29 is 18.0 Å². The van der Waals surface area contributed by atoms with Gasteiger partial charge in [-0.25, -0.2) is 8.42 Å². The van der Waals surface area contributed by atoms with Gasteiger partial charge in [-0.3, -0.25) is 13.9 Å². The molecule has 7 nitrogen and oxygen atoms in total. The molecule has 1 N–H and O–H groups in total. The van der Waals surface area contributed by atoms with Crippen LogP contribution >= 0.6 is 11.6 Å². The number of nitrogens with one attached hydrogen (secondary N) is 1. The van der Waals surface area contributed by atoms with E-state index in [9.17, 15) is 18.0 Å². The van der Waals surface area contributed by atoms with E-state index >= 15 is 0 Å². The predicted octanol–water partition coefficient (Wildman–Crippen LogP) is 5.03. The Hall–Kier alpha value is -3.36. The highest BCUT2D eigenvalue weighted by atomic mass is 35.5. The van der Waals surface area contributed by atoms with Gasteiger partial charge in [-0.1, -0.05) is 67.9 Å². The van der Waals surface area contributed by atoms with Crippen LogP contribution in [0.2, 0.25) is 5.02 Å². The molecule has 0 aliphatic carbocycles. The summed E-state index contributed by atoms with van der Waals surface area (Å²) >= 11 is 6.05. The molecular formula is C29H34ClN3O4S.